The molecule has 0 radical (unpaired) electrons. The summed E-state index contributed by atoms with van der Waals surface area (Å²) >= 11 is 0. The van der Waals surface area contributed by atoms with Crippen LogP contribution in [0, 0.1) is 0 Å². The smallest absolute Gasteiger partial charge is 0.407 e. The number of ether oxygens (including phenoxy) is 2. The number of carbonyl (C=O) groups is 3. The van der Waals surface area contributed by atoms with Crippen LogP contribution in [-0.4, -0.2) is 30.6 Å². The highest BCUT2D eigenvalue weighted by Crippen LogP contribution is 2.38. The molecule has 0 unspecified atom stereocenters. The quantitative estimate of drug-likeness (QED) is 0.324. The van der Waals surface area contributed by atoms with Crippen LogP contribution in [0.1, 0.15) is 66.2 Å². The van der Waals surface area contributed by atoms with Gasteiger partial charge in [0, 0.05) is 23.7 Å². The number of hydrogen-bond acceptors (Lipinski definition) is 5. The monoisotopic (exact) mass is 526 g/mol. The number of fused-ring (bicyclic) bond motifs is 1. The van der Waals surface area contributed by atoms with Crippen LogP contribution in [0.25, 0.3) is 6.08 Å². The van der Waals surface area contributed by atoms with Crippen molar-refractivity contribution < 1.29 is 23.9 Å². The fraction of sp³-hybridized carbons (Fsp3) is 0.281. The lowest BCUT2D eigenvalue weighted by Crippen LogP contribution is -2.46. The van der Waals surface area contributed by atoms with Crippen molar-refractivity contribution in [1.82, 2.24) is 5.32 Å². The molecule has 1 N–H and O–H groups in total. The minimum atomic E-state index is -0.489. The molecule has 202 valence electrons. The minimum Gasteiger partial charge on any atom is -0.466 e. The van der Waals surface area contributed by atoms with Crippen molar-refractivity contribution >= 4 is 29.7 Å². The number of para-hydroxylation sites is 1. The van der Waals surface area contributed by atoms with Gasteiger partial charge in [-0.15, -0.1) is 0 Å². The lowest BCUT2D eigenvalue weighted by Gasteiger charge is -2.39. The summed E-state index contributed by atoms with van der Waals surface area (Å²) in [6.45, 7) is 4.35. The highest BCUT2D eigenvalue weighted by molar-refractivity contribution is 6.07. The summed E-state index contributed by atoms with van der Waals surface area (Å²) in [6.07, 6.45) is 4.86. The average Bonchev–Trinajstić information content (AvgIpc) is 2.95. The van der Waals surface area contributed by atoms with Crippen molar-refractivity contribution in [1.29, 1.82) is 0 Å². The van der Waals surface area contributed by atoms with Crippen LogP contribution < -0.4 is 10.2 Å². The van der Waals surface area contributed by atoms with E-state index in [4.69, 9.17) is 9.47 Å². The highest BCUT2D eigenvalue weighted by Gasteiger charge is 2.35. The molecule has 1 heterocycles. The second-order valence-electron chi connectivity index (χ2n) is 9.45. The van der Waals surface area contributed by atoms with Gasteiger partial charge >= 0.3 is 12.1 Å². The van der Waals surface area contributed by atoms with E-state index in [1.807, 2.05) is 97.9 Å². The summed E-state index contributed by atoms with van der Waals surface area (Å²) in [5.74, 6) is -0.307. The summed E-state index contributed by atoms with van der Waals surface area (Å²) < 4.78 is 10.4. The second-order valence-corrected chi connectivity index (χ2v) is 9.45. The third-order valence-corrected chi connectivity index (χ3v) is 6.60. The first-order valence-electron chi connectivity index (χ1n) is 13.3. The molecule has 0 saturated heterocycles. The van der Waals surface area contributed by atoms with Crippen molar-refractivity contribution in [2.75, 3.05) is 11.5 Å². The first kappa shape index (κ1) is 27.6. The largest absolute Gasteiger partial charge is 0.466 e. The molecule has 1 aliphatic heterocycles. The maximum absolute atomic E-state index is 13.6. The van der Waals surface area contributed by atoms with Gasteiger partial charge in [0.15, 0.2) is 0 Å². The zero-order chi connectivity index (χ0) is 27.6. The molecule has 0 aliphatic carbocycles. The van der Waals surface area contributed by atoms with Gasteiger partial charge in [0.2, 0.25) is 0 Å². The average molecular weight is 527 g/mol. The number of amides is 2. The standard InChI is InChI=1S/C32H34N2O5/c1-3-38-30(35)16-10-7-11-24-17-19-26(20-18-24)31(36)34-23(2)21-28(27-14-8-9-15-29(27)34)33-32(37)39-22-25-12-5-4-6-13-25/h4-9,11-15,17-20,23,28H,3,10,16,21-22H2,1-2H3,(H,33,37)/b11-7+/t23-,28+/m0/s1. The van der Waals surface area contributed by atoms with Crippen LogP contribution >= 0.6 is 0 Å². The Morgan fingerprint density at radius 1 is 0.949 bits per heavy atom. The molecule has 39 heavy (non-hydrogen) atoms. The van der Waals surface area contributed by atoms with Crippen molar-refractivity contribution in [2.24, 2.45) is 0 Å². The van der Waals surface area contributed by atoms with Gasteiger partial charge in [-0.1, -0.05) is 72.8 Å². The minimum absolute atomic E-state index is 0.0992. The van der Waals surface area contributed by atoms with Gasteiger partial charge in [0.1, 0.15) is 6.61 Å². The summed E-state index contributed by atoms with van der Waals surface area (Å²) in [7, 11) is 0. The number of esters is 1. The number of nitrogens with one attached hydrogen (secondary N) is 1. The number of hydrogen-bond donors (Lipinski definition) is 1. The maximum atomic E-state index is 13.6. The van der Waals surface area contributed by atoms with Gasteiger partial charge in [0.05, 0.1) is 12.6 Å². The summed E-state index contributed by atoms with van der Waals surface area (Å²) in [5.41, 5.74) is 4.09. The zero-order valence-corrected chi connectivity index (χ0v) is 22.3. The summed E-state index contributed by atoms with van der Waals surface area (Å²) in [4.78, 5) is 39.5. The van der Waals surface area contributed by atoms with Crippen molar-refractivity contribution in [3.05, 3.63) is 107 Å². The molecule has 2 amide bonds. The lowest BCUT2D eigenvalue weighted by molar-refractivity contribution is -0.143. The molecule has 0 spiro atoms. The van der Waals surface area contributed by atoms with E-state index in [9.17, 15) is 14.4 Å². The van der Waals surface area contributed by atoms with Crippen LogP contribution in [0.2, 0.25) is 0 Å². The highest BCUT2D eigenvalue weighted by atomic mass is 16.5. The first-order valence-corrected chi connectivity index (χ1v) is 13.3. The number of anilines is 1. The molecule has 0 bridgehead atoms. The van der Waals surface area contributed by atoms with E-state index in [-0.39, 0.29) is 30.6 Å². The van der Waals surface area contributed by atoms with E-state index in [2.05, 4.69) is 5.32 Å². The Bertz CT molecular complexity index is 1300. The molecule has 7 nitrogen and oxygen atoms in total. The molecular formula is C32H34N2O5. The fourth-order valence-electron chi connectivity index (χ4n) is 4.70. The molecule has 0 fully saturated rings. The maximum Gasteiger partial charge on any atom is 0.407 e. The Hall–Kier alpha value is -4.39. The Kier molecular flexibility index (Phi) is 9.51. The predicted molar refractivity (Wildman–Crippen MR) is 151 cm³/mol. The normalized spacial score (nSPS) is 16.4. The van der Waals surface area contributed by atoms with E-state index >= 15 is 0 Å². The van der Waals surface area contributed by atoms with Gasteiger partial charge in [-0.25, -0.2) is 4.79 Å². The molecule has 2 atom stereocenters. The summed E-state index contributed by atoms with van der Waals surface area (Å²) in [5, 5.41) is 2.99. The number of allylic oxidation sites excluding steroid dienone is 1. The molecule has 7 heteroatoms. The van der Waals surface area contributed by atoms with Crippen molar-refractivity contribution in [3.63, 3.8) is 0 Å². The summed E-state index contributed by atoms with van der Waals surface area (Å²) in [6, 6.07) is 24.2. The van der Waals surface area contributed by atoms with Crippen LogP contribution in [0.15, 0.2) is 84.9 Å². The molecule has 1 aliphatic rings. The Balaban J connectivity index is 1.41. The SMILES string of the molecule is CCOC(=O)CC/C=C/c1ccc(C(=O)N2c3ccccc3[C@H](NC(=O)OCc3ccccc3)C[C@@H]2C)cc1. The van der Waals surface area contributed by atoms with E-state index in [0.29, 0.717) is 31.4 Å². The number of carbonyl (C=O) groups excluding carboxylic acids is 3. The fourth-order valence-corrected chi connectivity index (χ4v) is 4.70. The molecule has 3 aromatic rings. The van der Waals surface area contributed by atoms with Gasteiger partial charge in [-0.2, -0.15) is 0 Å². The Labute approximate surface area is 229 Å². The number of nitrogens with zero attached hydrogens (tertiary/aromatic N) is 1. The predicted octanol–water partition coefficient (Wildman–Crippen LogP) is 6.45. The zero-order valence-electron chi connectivity index (χ0n) is 22.3. The van der Waals surface area contributed by atoms with Gasteiger partial charge in [-0.3, -0.25) is 9.59 Å². The van der Waals surface area contributed by atoms with Gasteiger partial charge < -0.3 is 19.7 Å². The second kappa shape index (κ2) is 13.4. The van der Waals surface area contributed by atoms with E-state index in [0.717, 1.165) is 22.4 Å². The third-order valence-electron chi connectivity index (χ3n) is 6.60. The van der Waals surface area contributed by atoms with Crippen LogP contribution in [0.4, 0.5) is 10.5 Å². The molecule has 0 aromatic heterocycles. The molecule has 0 saturated carbocycles. The van der Waals surface area contributed by atoms with Gasteiger partial charge in [0.25, 0.3) is 5.91 Å². The topological polar surface area (TPSA) is 84.9 Å². The van der Waals surface area contributed by atoms with Crippen molar-refractivity contribution in [2.45, 2.75) is 51.8 Å². The van der Waals surface area contributed by atoms with Gasteiger partial charge in [-0.05, 0) is 61.6 Å². The van der Waals surface area contributed by atoms with Crippen LogP contribution in [0.3, 0.4) is 0 Å². The third kappa shape index (κ3) is 7.35. The Morgan fingerprint density at radius 3 is 2.41 bits per heavy atom. The van der Waals surface area contributed by atoms with Crippen LogP contribution in [-0.2, 0) is 20.9 Å². The number of benzene rings is 3. The number of rotatable bonds is 9. The molecular weight excluding hydrogens is 492 g/mol. The van der Waals surface area contributed by atoms with E-state index in [1.54, 1.807) is 11.8 Å². The van der Waals surface area contributed by atoms with E-state index in [1.165, 1.54) is 0 Å². The van der Waals surface area contributed by atoms with Crippen molar-refractivity contribution in [3.8, 4) is 0 Å². The van der Waals surface area contributed by atoms with Crippen LogP contribution in [0.5, 0.6) is 0 Å². The molecule has 4 rings (SSSR count). The van der Waals surface area contributed by atoms with E-state index < -0.39 is 6.09 Å². The Morgan fingerprint density at radius 2 is 1.67 bits per heavy atom. The number of alkyl carbamates (subject to hydrolysis) is 1. The first-order chi connectivity index (χ1) is 19.0. The lowest BCUT2D eigenvalue weighted by atomic mass is 9.91. The molecule has 3 aromatic carbocycles.